The zero-order valence-electron chi connectivity index (χ0n) is 13.1. The highest BCUT2D eigenvalue weighted by Crippen LogP contribution is 2.30. The maximum atomic E-state index is 12.7. The van der Waals surface area contributed by atoms with E-state index in [4.69, 9.17) is 0 Å². The molecule has 2 heterocycles. The summed E-state index contributed by atoms with van der Waals surface area (Å²) in [4.78, 5) is 29.0. The number of rotatable bonds is 6. The Morgan fingerprint density at radius 3 is 2.60 bits per heavy atom. The molecule has 4 nitrogen and oxygen atoms in total. The normalized spacial score (nSPS) is 27.9. The average molecular weight is 280 g/mol. The molecule has 2 rings (SSSR count). The second kappa shape index (κ2) is 6.59. The molecule has 0 spiro atoms. The number of hydrogen-bond acceptors (Lipinski definition) is 2. The molecule has 2 aliphatic rings. The fourth-order valence-corrected chi connectivity index (χ4v) is 3.65. The van der Waals surface area contributed by atoms with Crippen LogP contribution in [0.5, 0.6) is 0 Å². The second-order valence-electron chi connectivity index (χ2n) is 6.20. The first-order valence-electron chi connectivity index (χ1n) is 8.24. The lowest BCUT2D eigenvalue weighted by molar-refractivity contribution is -0.162. The van der Waals surface area contributed by atoms with Crippen molar-refractivity contribution < 1.29 is 9.59 Å². The van der Waals surface area contributed by atoms with Gasteiger partial charge in [0.15, 0.2) is 0 Å². The first-order chi connectivity index (χ1) is 9.61. The summed E-state index contributed by atoms with van der Waals surface area (Å²) in [5.41, 5.74) is 0. The van der Waals surface area contributed by atoms with E-state index in [2.05, 4.69) is 13.8 Å². The van der Waals surface area contributed by atoms with Crippen molar-refractivity contribution in [3.8, 4) is 0 Å². The van der Waals surface area contributed by atoms with E-state index in [0.717, 1.165) is 38.6 Å². The summed E-state index contributed by atoms with van der Waals surface area (Å²) in [7, 11) is 0. The van der Waals surface area contributed by atoms with Crippen molar-refractivity contribution in [2.45, 2.75) is 83.8 Å². The minimum atomic E-state index is -0.228. The van der Waals surface area contributed by atoms with Crippen LogP contribution in [0.1, 0.15) is 65.7 Å². The molecule has 3 unspecified atom stereocenters. The highest BCUT2D eigenvalue weighted by molar-refractivity contribution is 5.97. The molecule has 0 aromatic rings. The van der Waals surface area contributed by atoms with Gasteiger partial charge in [0.2, 0.25) is 11.8 Å². The summed E-state index contributed by atoms with van der Waals surface area (Å²) in [6.45, 7) is 7.07. The number of carbonyl (C=O) groups excluding carboxylic acids is 2. The van der Waals surface area contributed by atoms with Gasteiger partial charge in [-0.05, 0) is 32.6 Å². The van der Waals surface area contributed by atoms with E-state index in [-0.39, 0.29) is 29.9 Å². The molecule has 0 bridgehead atoms. The van der Waals surface area contributed by atoms with Crippen LogP contribution in [0.3, 0.4) is 0 Å². The molecular weight excluding hydrogens is 252 g/mol. The van der Waals surface area contributed by atoms with Crippen LogP contribution in [0, 0.1) is 0 Å². The van der Waals surface area contributed by atoms with Crippen molar-refractivity contribution in [3.63, 3.8) is 0 Å². The monoisotopic (exact) mass is 280 g/mol. The summed E-state index contributed by atoms with van der Waals surface area (Å²) < 4.78 is 0. The minimum Gasteiger partial charge on any atom is -0.329 e. The molecule has 0 aromatic heterocycles. The molecule has 4 heteroatoms. The fraction of sp³-hybridized carbons (Fsp3) is 0.875. The van der Waals surface area contributed by atoms with Gasteiger partial charge in [-0.2, -0.15) is 0 Å². The lowest BCUT2D eigenvalue weighted by atomic mass is 9.98. The third-order valence-electron chi connectivity index (χ3n) is 4.78. The Balaban J connectivity index is 2.11. The molecule has 2 amide bonds. The first kappa shape index (κ1) is 15.3. The van der Waals surface area contributed by atoms with E-state index in [1.165, 1.54) is 12.8 Å². The van der Waals surface area contributed by atoms with Crippen LogP contribution in [0.15, 0.2) is 0 Å². The molecular formula is C16H28N2O2. The van der Waals surface area contributed by atoms with Crippen LogP contribution in [-0.4, -0.2) is 46.3 Å². The van der Waals surface area contributed by atoms with Gasteiger partial charge >= 0.3 is 0 Å². The molecule has 0 saturated carbocycles. The molecule has 0 radical (unpaired) electrons. The van der Waals surface area contributed by atoms with E-state index in [1.807, 2.05) is 16.7 Å². The van der Waals surface area contributed by atoms with Crippen molar-refractivity contribution in [1.29, 1.82) is 0 Å². The molecule has 20 heavy (non-hydrogen) atoms. The molecule has 3 atom stereocenters. The van der Waals surface area contributed by atoms with Crippen LogP contribution in [-0.2, 0) is 9.59 Å². The van der Waals surface area contributed by atoms with E-state index in [0.29, 0.717) is 0 Å². The summed E-state index contributed by atoms with van der Waals surface area (Å²) in [5, 5.41) is 0. The molecule has 2 aliphatic heterocycles. The van der Waals surface area contributed by atoms with Crippen molar-refractivity contribution in [3.05, 3.63) is 0 Å². The molecule has 0 aliphatic carbocycles. The van der Waals surface area contributed by atoms with Crippen LogP contribution in [0.4, 0.5) is 0 Å². The SMILES string of the molecule is CCCCCC(C)N1C(=O)C2CCCN2C(=O)C1CC. The standard InChI is InChI=1S/C16H28N2O2/c1-4-6-7-9-12(3)18-13(5-2)15(19)17-11-8-10-14(17)16(18)20/h12-14H,4-11H2,1-3H3. The van der Waals surface area contributed by atoms with Crippen molar-refractivity contribution in [1.82, 2.24) is 9.80 Å². The second-order valence-corrected chi connectivity index (χ2v) is 6.20. The van der Waals surface area contributed by atoms with Crippen LogP contribution < -0.4 is 0 Å². The molecule has 114 valence electrons. The largest absolute Gasteiger partial charge is 0.329 e. The zero-order chi connectivity index (χ0) is 14.7. The summed E-state index contributed by atoms with van der Waals surface area (Å²) in [6, 6.07) is -0.210. The minimum absolute atomic E-state index is 0.168. The maximum absolute atomic E-state index is 12.7. The molecule has 0 N–H and O–H groups in total. The highest BCUT2D eigenvalue weighted by atomic mass is 16.2. The Morgan fingerprint density at radius 2 is 1.95 bits per heavy atom. The first-order valence-corrected chi connectivity index (χ1v) is 8.24. The fourth-order valence-electron chi connectivity index (χ4n) is 3.65. The Labute approximate surface area is 122 Å². The predicted molar refractivity (Wildman–Crippen MR) is 79.3 cm³/mol. The van der Waals surface area contributed by atoms with Gasteiger partial charge in [0, 0.05) is 12.6 Å². The lowest BCUT2D eigenvalue weighted by Gasteiger charge is -2.45. The maximum Gasteiger partial charge on any atom is 0.246 e. The number of hydrogen-bond donors (Lipinski definition) is 0. The molecule has 2 fully saturated rings. The van der Waals surface area contributed by atoms with Gasteiger partial charge in [0.1, 0.15) is 12.1 Å². The molecule has 0 aromatic carbocycles. The van der Waals surface area contributed by atoms with Crippen molar-refractivity contribution >= 4 is 11.8 Å². The number of fused-ring (bicyclic) bond motifs is 1. The van der Waals surface area contributed by atoms with Gasteiger partial charge in [-0.15, -0.1) is 0 Å². The Kier molecular flexibility index (Phi) is 5.06. The number of carbonyl (C=O) groups is 2. The van der Waals surface area contributed by atoms with Gasteiger partial charge in [-0.1, -0.05) is 33.1 Å². The summed E-state index contributed by atoms with van der Waals surface area (Å²) in [6.07, 6.45) is 7.08. The number of piperazine rings is 1. The van der Waals surface area contributed by atoms with Gasteiger partial charge in [-0.3, -0.25) is 9.59 Å². The van der Waals surface area contributed by atoms with Gasteiger partial charge in [-0.25, -0.2) is 0 Å². The number of unbranched alkanes of at least 4 members (excludes halogenated alkanes) is 2. The Morgan fingerprint density at radius 1 is 1.20 bits per heavy atom. The van der Waals surface area contributed by atoms with Crippen molar-refractivity contribution in [2.24, 2.45) is 0 Å². The van der Waals surface area contributed by atoms with Gasteiger partial charge in [0.25, 0.3) is 0 Å². The summed E-state index contributed by atoms with van der Waals surface area (Å²) in [5.74, 6) is 0.370. The predicted octanol–water partition coefficient (Wildman–Crippen LogP) is 2.57. The zero-order valence-corrected chi connectivity index (χ0v) is 13.1. The topological polar surface area (TPSA) is 40.6 Å². The number of nitrogens with zero attached hydrogens (tertiary/aromatic N) is 2. The van der Waals surface area contributed by atoms with E-state index < -0.39 is 0 Å². The smallest absolute Gasteiger partial charge is 0.246 e. The summed E-state index contributed by atoms with van der Waals surface area (Å²) >= 11 is 0. The van der Waals surface area contributed by atoms with E-state index in [1.54, 1.807) is 0 Å². The highest BCUT2D eigenvalue weighted by Gasteiger charge is 2.48. The lowest BCUT2D eigenvalue weighted by Crippen LogP contribution is -2.64. The van der Waals surface area contributed by atoms with Crippen molar-refractivity contribution in [2.75, 3.05) is 6.54 Å². The Hall–Kier alpha value is -1.06. The average Bonchev–Trinajstić information content (AvgIpc) is 2.92. The third kappa shape index (κ3) is 2.70. The Bertz CT molecular complexity index is 369. The van der Waals surface area contributed by atoms with Crippen LogP contribution >= 0.6 is 0 Å². The van der Waals surface area contributed by atoms with E-state index >= 15 is 0 Å². The van der Waals surface area contributed by atoms with Gasteiger partial charge in [0.05, 0.1) is 0 Å². The van der Waals surface area contributed by atoms with Crippen LogP contribution in [0.25, 0.3) is 0 Å². The third-order valence-corrected chi connectivity index (χ3v) is 4.78. The van der Waals surface area contributed by atoms with Crippen LogP contribution in [0.2, 0.25) is 0 Å². The van der Waals surface area contributed by atoms with Gasteiger partial charge < -0.3 is 9.80 Å². The number of amides is 2. The van der Waals surface area contributed by atoms with E-state index in [9.17, 15) is 9.59 Å². The quantitative estimate of drug-likeness (QED) is 0.702. The molecule has 2 saturated heterocycles.